The van der Waals surface area contributed by atoms with Crippen LogP contribution in [0.5, 0.6) is 0 Å². The van der Waals surface area contributed by atoms with Gasteiger partial charge >= 0.3 is 29.6 Å². The number of benzene rings is 1. The Bertz CT molecular complexity index is 459. The SMILES string of the molecule is O=S(=O)(OCC#CCO)c1ccccc1.[NaH]. The molecule has 0 spiro atoms. The van der Waals surface area contributed by atoms with E-state index in [1.165, 1.54) is 12.1 Å². The molecule has 1 N–H and O–H groups in total. The average Bonchev–Trinajstić information content (AvgIpc) is 2.26. The second kappa shape index (κ2) is 7.85. The van der Waals surface area contributed by atoms with E-state index in [2.05, 4.69) is 16.0 Å². The van der Waals surface area contributed by atoms with Gasteiger partial charge in [0.25, 0.3) is 10.1 Å². The summed E-state index contributed by atoms with van der Waals surface area (Å²) in [7, 11) is -3.72. The monoisotopic (exact) mass is 250 g/mol. The van der Waals surface area contributed by atoms with Crippen LogP contribution in [0.4, 0.5) is 0 Å². The fourth-order valence-corrected chi connectivity index (χ4v) is 1.71. The van der Waals surface area contributed by atoms with Crippen LogP contribution in [0, 0.1) is 11.8 Å². The number of hydrogen-bond acceptors (Lipinski definition) is 4. The molecule has 0 heterocycles. The quantitative estimate of drug-likeness (QED) is 0.456. The van der Waals surface area contributed by atoms with Crippen LogP contribution in [-0.4, -0.2) is 56.3 Å². The van der Waals surface area contributed by atoms with Crippen molar-refractivity contribution in [3.05, 3.63) is 30.3 Å². The van der Waals surface area contributed by atoms with E-state index in [4.69, 9.17) is 5.11 Å². The van der Waals surface area contributed by atoms with Gasteiger partial charge in [-0.15, -0.1) is 0 Å². The van der Waals surface area contributed by atoms with Crippen LogP contribution in [0.2, 0.25) is 0 Å². The third-order valence-electron chi connectivity index (χ3n) is 1.52. The average molecular weight is 250 g/mol. The molecule has 1 rings (SSSR count). The second-order valence-corrected chi connectivity index (χ2v) is 4.16. The van der Waals surface area contributed by atoms with E-state index in [-0.39, 0.29) is 47.7 Å². The van der Waals surface area contributed by atoms with Crippen LogP contribution < -0.4 is 0 Å². The Hall–Kier alpha value is -0.350. The van der Waals surface area contributed by atoms with E-state index in [1.54, 1.807) is 18.2 Å². The fraction of sp³-hybridized carbons (Fsp3) is 0.200. The van der Waals surface area contributed by atoms with Crippen molar-refractivity contribution < 1.29 is 17.7 Å². The molecule has 0 unspecified atom stereocenters. The third kappa shape index (κ3) is 5.12. The van der Waals surface area contributed by atoms with Crippen molar-refractivity contribution in [3.63, 3.8) is 0 Å². The molecule has 6 heteroatoms. The van der Waals surface area contributed by atoms with Crippen molar-refractivity contribution in [1.82, 2.24) is 0 Å². The van der Waals surface area contributed by atoms with Gasteiger partial charge in [0.05, 0.1) is 4.90 Å². The first kappa shape index (κ1) is 15.7. The van der Waals surface area contributed by atoms with Gasteiger partial charge in [0.15, 0.2) is 0 Å². The summed E-state index contributed by atoms with van der Waals surface area (Å²) in [5.74, 6) is 4.65. The molecule has 1 aromatic carbocycles. The van der Waals surface area contributed by atoms with E-state index >= 15 is 0 Å². The van der Waals surface area contributed by atoms with Gasteiger partial charge in [0, 0.05) is 0 Å². The first-order valence-corrected chi connectivity index (χ1v) is 5.59. The summed E-state index contributed by atoms with van der Waals surface area (Å²) in [6.45, 7) is -0.563. The van der Waals surface area contributed by atoms with Crippen LogP contribution in [0.25, 0.3) is 0 Å². The molecule has 0 aromatic heterocycles. The Morgan fingerprint density at radius 1 is 1.19 bits per heavy atom. The minimum atomic E-state index is -3.72. The summed E-state index contributed by atoms with van der Waals surface area (Å²) in [5.41, 5.74) is 0. The predicted molar refractivity (Wildman–Crippen MR) is 61.6 cm³/mol. The van der Waals surface area contributed by atoms with E-state index < -0.39 is 10.1 Å². The van der Waals surface area contributed by atoms with E-state index in [9.17, 15) is 8.42 Å². The molecule has 0 atom stereocenters. The maximum absolute atomic E-state index is 11.4. The summed E-state index contributed by atoms with van der Waals surface area (Å²) in [6, 6.07) is 7.81. The van der Waals surface area contributed by atoms with Gasteiger partial charge in [-0.25, -0.2) is 0 Å². The maximum atomic E-state index is 11.4. The minimum absolute atomic E-state index is 0. The summed E-state index contributed by atoms with van der Waals surface area (Å²) in [6.07, 6.45) is 0. The first-order valence-electron chi connectivity index (χ1n) is 4.18. The fourth-order valence-electron chi connectivity index (χ4n) is 0.869. The van der Waals surface area contributed by atoms with E-state index in [0.29, 0.717) is 0 Å². The molecule has 0 aliphatic rings. The van der Waals surface area contributed by atoms with Crippen molar-refractivity contribution in [2.75, 3.05) is 13.2 Å². The summed E-state index contributed by atoms with van der Waals surface area (Å²) >= 11 is 0. The molecule has 82 valence electrons. The van der Waals surface area contributed by atoms with Gasteiger partial charge in [-0.1, -0.05) is 30.0 Å². The number of hydrogen-bond donors (Lipinski definition) is 1. The van der Waals surface area contributed by atoms with Crippen molar-refractivity contribution in [2.45, 2.75) is 4.90 Å². The Labute approximate surface area is 117 Å². The first-order chi connectivity index (χ1) is 7.17. The zero-order valence-electron chi connectivity index (χ0n) is 7.88. The second-order valence-electron chi connectivity index (χ2n) is 2.54. The number of rotatable bonds is 3. The Morgan fingerprint density at radius 3 is 2.38 bits per heavy atom. The standard InChI is InChI=1S/C10H10O4S.Na.H/c11-8-4-5-9-14-15(12,13)10-6-2-1-3-7-10;;/h1-3,6-7,11H,8-9H2;;. The van der Waals surface area contributed by atoms with Gasteiger partial charge in [0.1, 0.15) is 13.2 Å². The predicted octanol–water partition coefficient (Wildman–Crippen LogP) is -0.261. The topological polar surface area (TPSA) is 63.6 Å². The number of aliphatic hydroxyl groups excluding tert-OH is 1. The summed E-state index contributed by atoms with van der Waals surface area (Å²) in [4.78, 5) is 0.0933. The molecule has 0 bridgehead atoms. The van der Waals surface area contributed by atoms with Crippen LogP contribution >= 0.6 is 0 Å². The molecule has 16 heavy (non-hydrogen) atoms. The van der Waals surface area contributed by atoms with Crippen molar-refractivity contribution in [3.8, 4) is 11.8 Å². The van der Waals surface area contributed by atoms with Gasteiger partial charge < -0.3 is 5.11 Å². The zero-order chi connectivity index (χ0) is 11.1. The van der Waals surface area contributed by atoms with Crippen molar-refractivity contribution in [1.29, 1.82) is 0 Å². The molecule has 4 nitrogen and oxygen atoms in total. The molecule has 0 aliphatic heterocycles. The molecule has 0 saturated heterocycles. The molecule has 0 amide bonds. The molecular formula is C10H11NaO4S. The Kier molecular flexibility index (Phi) is 7.68. The van der Waals surface area contributed by atoms with E-state index in [0.717, 1.165) is 0 Å². The van der Waals surface area contributed by atoms with Crippen molar-refractivity contribution >= 4 is 39.7 Å². The molecule has 0 fully saturated rings. The zero-order valence-corrected chi connectivity index (χ0v) is 8.70. The Morgan fingerprint density at radius 2 is 1.81 bits per heavy atom. The normalized spacial score (nSPS) is 9.81. The van der Waals surface area contributed by atoms with Gasteiger partial charge in [0.2, 0.25) is 0 Å². The molecule has 0 saturated carbocycles. The van der Waals surface area contributed by atoms with Crippen LogP contribution in [0.3, 0.4) is 0 Å². The van der Waals surface area contributed by atoms with Crippen LogP contribution in [0.15, 0.2) is 35.2 Å². The van der Waals surface area contributed by atoms with Gasteiger partial charge in [-0.2, -0.15) is 8.42 Å². The van der Waals surface area contributed by atoms with Gasteiger partial charge in [-0.05, 0) is 12.1 Å². The Balaban J connectivity index is 0.00000225. The molecule has 0 radical (unpaired) electrons. The van der Waals surface area contributed by atoms with E-state index in [1.807, 2.05) is 0 Å². The number of aliphatic hydroxyl groups is 1. The molecule has 1 aromatic rings. The van der Waals surface area contributed by atoms with Gasteiger partial charge in [-0.3, -0.25) is 4.18 Å². The molecular weight excluding hydrogens is 239 g/mol. The summed E-state index contributed by atoms with van der Waals surface area (Å²) < 4.78 is 27.5. The van der Waals surface area contributed by atoms with Crippen LogP contribution in [-0.2, 0) is 14.3 Å². The van der Waals surface area contributed by atoms with Crippen LogP contribution in [0.1, 0.15) is 0 Å². The summed E-state index contributed by atoms with van der Waals surface area (Å²) in [5, 5.41) is 8.33. The third-order valence-corrected chi connectivity index (χ3v) is 2.80. The molecule has 0 aliphatic carbocycles. The van der Waals surface area contributed by atoms with Crippen molar-refractivity contribution in [2.24, 2.45) is 0 Å².